The number of anilines is 1. The van der Waals surface area contributed by atoms with E-state index in [4.69, 9.17) is 4.74 Å². The molecule has 0 bridgehead atoms. The number of piperazine rings is 1. The lowest BCUT2D eigenvalue weighted by Gasteiger charge is -2.37. The molecule has 1 saturated carbocycles. The first-order chi connectivity index (χ1) is 22.0. The molecule has 2 aliphatic heterocycles. The predicted octanol–water partition coefficient (Wildman–Crippen LogP) is 5.51. The number of nitrogens with zero attached hydrogens (tertiary/aromatic N) is 4. The van der Waals surface area contributed by atoms with Crippen LogP contribution in [0.1, 0.15) is 50.7 Å². The Kier molecular flexibility index (Phi) is 10.4. The van der Waals surface area contributed by atoms with E-state index in [0.717, 1.165) is 41.7 Å². The number of aromatic amines is 1. The molecule has 13 heteroatoms. The Hall–Kier alpha value is -3.77. The molecule has 1 unspecified atom stereocenters. The third-order valence-electron chi connectivity index (χ3n) is 9.06. The molecule has 2 aromatic carbocycles. The SMILES string of the molecule is CC(C)(Oc1cc(N2CCCC(C(=O)N(Cc3ccc(-c4cn[nH]c4)cc3)C3CC3)C2)cc(C(F)(F)F)c1)C(=O)N1CCNCC1.Cl. The summed E-state index contributed by atoms with van der Waals surface area (Å²) < 4.78 is 48.3. The lowest BCUT2D eigenvalue weighted by molar-refractivity contribution is -0.146. The second-order valence-electron chi connectivity index (χ2n) is 13.0. The first-order valence-electron chi connectivity index (χ1n) is 16.0. The molecule has 3 aliphatic rings. The summed E-state index contributed by atoms with van der Waals surface area (Å²) in [6.45, 7) is 6.83. The number of piperidine rings is 1. The third-order valence-corrected chi connectivity index (χ3v) is 9.06. The minimum absolute atomic E-state index is 0. The van der Waals surface area contributed by atoms with E-state index in [1.807, 2.05) is 40.3 Å². The van der Waals surface area contributed by atoms with Gasteiger partial charge in [-0.2, -0.15) is 18.3 Å². The Morgan fingerprint density at radius 2 is 1.72 bits per heavy atom. The molecule has 1 aliphatic carbocycles. The molecular weight excluding hydrogens is 633 g/mol. The summed E-state index contributed by atoms with van der Waals surface area (Å²) in [5.41, 5.74) is 1.17. The van der Waals surface area contributed by atoms with Crippen molar-refractivity contribution in [3.8, 4) is 16.9 Å². The smallest absolute Gasteiger partial charge is 0.416 e. The van der Waals surface area contributed by atoms with Gasteiger partial charge in [0.2, 0.25) is 5.91 Å². The largest absolute Gasteiger partial charge is 0.478 e. The van der Waals surface area contributed by atoms with Crippen LogP contribution in [0.4, 0.5) is 18.9 Å². The molecule has 47 heavy (non-hydrogen) atoms. The number of carbonyl (C=O) groups excluding carboxylic acids is 2. The molecule has 1 atom stereocenters. The Labute approximate surface area is 279 Å². The maximum Gasteiger partial charge on any atom is 0.416 e. The Morgan fingerprint density at radius 1 is 1.00 bits per heavy atom. The lowest BCUT2D eigenvalue weighted by atomic mass is 9.95. The quantitative estimate of drug-likeness (QED) is 0.311. The first kappa shape index (κ1) is 34.6. The number of halogens is 4. The van der Waals surface area contributed by atoms with Crippen LogP contribution in [0.15, 0.2) is 54.9 Å². The number of ether oxygens (including phenoxy) is 1. The number of nitrogens with one attached hydrogen (secondary N) is 2. The summed E-state index contributed by atoms with van der Waals surface area (Å²) in [6, 6.07) is 11.9. The molecular formula is C34H42ClF3N6O3. The van der Waals surface area contributed by atoms with Crippen molar-refractivity contribution in [3.63, 3.8) is 0 Å². The zero-order valence-corrected chi connectivity index (χ0v) is 27.5. The van der Waals surface area contributed by atoms with Gasteiger partial charge in [0.1, 0.15) is 5.75 Å². The highest BCUT2D eigenvalue weighted by atomic mass is 35.5. The number of rotatable bonds is 9. The van der Waals surface area contributed by atoms with Crippen molar-refractivity contribution in [1.29, 1.82) is 0 Å². The highest BCUT2D eigenvalue weighted by Crippen LogP contribution is 2.38. The maximum absolute atomic E-state index is 14.1. The molecule has 2 amide bonds. The summed E-state index contributed by atoms with van der Waals surface area (Å²) >= 11 is 0. The van der Waals surface area contributed by atoms with Gasteiger partial charge in [-0.3, -0.25) is 14.7 Å². The number of aromatic nitrogens is 2. The average molecular weight is 675 g/mol. The Morgan fingerprint density at radius 3 is 2.36 bits per heavy atom. The van der Waals surface area contributed by atoms with Crippen LogP contribution in [0.3, 0.4) is 0 Å². The molecule has 3 heterocycles. The van der Waals surface area contributed by atoms with E-state index in [-0.39, 0.29) is 41.9 Å². The van der Waals surface area contributed by atoms with Gasteiger partial charge in [0.05, 0.1) is 17.7 Å². The molecule has 0 spiro atoms. The molecule has 254 valence electrons. The summed E-state index contributed by atoms with van der Waals surface area (Å²) in [5.74, 6) is -0.598. The fraction of sp³-hybridized carbons (Fsp3) is 0.500. The highest BCUT2D eigenvalue weighted by Gasteiger charge is 2.39. The van der Waals surface area contributed by atoms with Crippen molar-refractivity contribution < 1.29 is 27.5 Å². The monoisotopic (exact) mass is 674 g/mol. The average Bonchev–Trinajstić information content (AvgIpc) is 3.75. The molecule has 9 nitrogen and oxygen atoms in total. The van der Waals surface area contributed by atoms with Crippen LogP contribution in [-0.4, -0.2) is 82.7 Å². The Bertz CT molecular complexity index is 1520. The maximum atomic E-state index is 14.1. The molecule has 0 radical (unpaired) electrons. The zero-order valence-electron chi connectivity index (χ0n) is 26.7. The Balaban J connectivity index is 0.00000433. The van der Waals surface area contributed by atoms with E-state index in [0.29, 0.717) is 64.3 Å². The van der Waals surface area contributed by atoms with Crippen molar-refractivity contribution in [2.45, 2.75) is 63.9 Å². The summed E-state index contributed by atoms with van der Waals surface area (Å²) in [4.78, 5) is 32.7. The normalized spacial score (nSPS) is 18.8. The number of benzene rings is 2. The fourth-order valence-electron chi connectivity index (χ4n) is 6.40. The van der Waals surface area contributed by atoms with Crippen molar-refractivity contribution in [2.24, 2.45) is 5.92 Å². The van der Waals surface area contributed by atoms with Crippen LogP contribution in [0, 0.1) is 5.92 Å². The van der Waals surface area contributed by atoms with Gasteiger partial charge in [0.25, 0.3) is 5.91 Å². The molecule has 1 aromatic heterocycles. The minimum atomic E-state index is -4.61. The van der Waals surface area contributed by atoms with E-state index in [9.17, 15) is 22.8 Å². The van der Waals surface area contributed by atoms with Gasteiger partial charge >= 0.3 is 6.18 Å². The van der Waals surface area contributed by atoms with Crippen molar-refractivity contribution in [3.05, 3.63) is 66.0 Å². The van der Waals surface area contributed by atoms with Gasteiger partial charge in [-0.1, -0.05) is 24.3 Å². The van der Waals surface area contributed by atoms with Gasteiger partial charge in [-0.05, 0) is 62.8 Å². The number of hydrogen-bond donors (Lipinski definition) is 2. The summed E-state index contributed by atoms with van der Waals surface area (Å²) in [6.07, 6.45) is 2.23. The van der Waals surface area contributed by atoms with Gasteiger partial charge in [0.15, 0.2) is 5.60 Å². The van der Waals surface area contributed by atoms with E-state index in [2.05, 4.69) is 15.5 Å². The van der Waals surface area contributed by atoms with Crippen LogP contribution >= 0.6 is 12.4 Å². The molecule has 2 N–H and O–H groups in total. The first-order valence-corrected chi connectivity index (χ1v) is 16.0. The topological polar surface area (TPSA) is 93.8 Å². The van der Waals surface area contributed by atoms with Crippen LogP contribution in [-0.2, 0) is 22.3 Å². The van der Waals surface area contributed by atoms with E-state index >= 15 is 0 Å². The van der Waals surface area contributed by atoms with Gasteiger partial charge in [-0.15, -0.1) is 12.4 Å². The zero-order chi connectivity index (χ0) is 32.5. The molecule has 3 fully saturated rings. The standard InChI is InChI=1S/C34H41F3N6O3.ClH/c1-33(2,32(45)41-14-11-38-12-15-41)46-30-17-27(34(35,36)37)16-29(18-30)42-13-3-4-25(22-42)31(44)43(28-9-10-28)21-23-5-7-24(8-6-23)26-19-39-40-20-26;/h5-8,16-20,25,28,38H,3-4,9-15,21-22H2,1-2H3,(H,39,40);1H. The summed E-state index contributed by atoms with van der Waals surface area (Å²) in [7, 11) is 0. The molecule has 3 aromatic rings. The van der Waals surface area contributed by atoms with Gasteiger partial charge in [-0.25, -0.2) is 0 Å². The van der Waals surface area contributed by atoms with Crippen molar-refractivity contribution >= 4 is 29.9 Å². The fourth-order valence-corrected chi connectivity index (χ4v) is 6.40. The third kappa shape index (κ3) is 8.21. The van der Waals surface area contributed by atoms with Crippen LogP contribution in [0.5, 0.6) is 5.75 Å². The second kappa shape index (κ2) is 14.1. The number of H-pyrrole nitrogens is 1. The predicted molar refractivity (Wildman–Crippen MR) is 175 cm³/mol. The number of amides is 2. The van der Waals surface area contributed by atoms with Crippen LogP contribution in [0.2, 0.25) is 0 Å². The van der Waals surface area contributed by atoms with Crippen molar-refractivity contribution in [1.82, 2.24) is 25.3 Å². The molecule has 2 saturated heterocycles. The lowest BCUT2D eigenvalue weighted by Crippen LogP contribution is -2.54. The van der Waals surface area contributed by atoms with E-state index in [1.165, 1.54) is 0 Å². The number of hydrogen-bond acceptors (Lipinski definition) is 6. The molecule has 6 rings (SSSR count). The van der Waals surface area contributed by atoms with Crippen LogP contribution in [0.25, 0.3) is 11.1 Å². The second-order valence-corrected chi connectivity index (χ2v) is 13.0. The van der Waals surface area contributed by atoms with Gasteiger partial charge < -0.3 is 24.8 Å². The van der Waals surface area contributed by atoms with E-state index < -0.39 is 17.3 Å². The van der Waals surface area contributed by atoms with Crippen LogP contribution < -0.4 is 15.0 Å². The van der Waals surface area contributed by atoms with Crippen molar-refractivity contribution in [2.75, 3.05) is 44.2 Å². The van der Waals surface area contributed by atoms with Gasteiger partial charge in [0, 0.05) is 75.4 Å². The summed E-state index contributed by atoms with van der Waals surface area (Å²) in [5, 5.41) is 10.0. The highest BCUT2D eigenvalue weighted by molar-refractivity contribution is 5.85. The number of carbonyl (C=O) groups is 2. The van der Waals surface area contributed by atoms with E-state index in [1.54, 1.807) is 31.0 Å². The number of alkyl halides is 3. The minimum Gasteiger partial charge on any atom is -0.478 e.